The number of fused-ring (bicyclic) bond motifs is 3. The number of nitrogens with zero attached hydrogens (tertiary/aromatic N) is 3. The molecule has 0 aromatic carbocycles. The van der Waals surface area contributed by atoms with Gasteiger partial charge in [0.25, 0.3) is 5.91 Å². The molecule has 0 unspecified atom stereocenters. The molecule has 3 aromatic heterocycles. The molecular weight excluding hydrogens is 542 g/mol. The number of ether oxygens (including phenoxy) is 3. The summed E-state index contributed by atoms with van der Waals surface area (Å²) in [4.78, 5) is 36.2. The summed E-state index contributed by atoms with van der Waals surface area (Å²) in [6, 6.07) is 9.77. The van der Waals surface area contributed by atoms with Crippen LogP contribution in [0.2, 0.25) is 0 Å². The van der Waals surface area contributed by atoms with Gasteiger partial charge in [0.05, 0.1) is 16.8 Å². The molecule has 0 spiro atoms. The van der Waals surface area contributed by atoms with Gasteiger partial charge in [-0.1, -0.05) is 41.5 Å². The van der Waals surface area contributed by atoms with E-state index < -0.39 is 0 Å². The molecule has 41 heavy (non-hydrogen) atoms. The molecule has 10 nitrogen and oxygen atoms in total. The van der Waals surface area contributed by atoms with Crippen LogP contribution < -0.4 is 24.8 Å². The Balaban J connectivity index is 0.000000142. The lowest BCUT2D eigenvalue weighted by molar-refractivity contribution is -0.118. The Labute approximate surface area is 245 Å². The van der Waals surface area contributed by atoms with Crippen LogP contribution in [0.3, 0.4) is 0 Å². The first-order valence-corrected chi connectivity index (χ1v) is 14.7. The zero-order valence-electron chi connectivity index (χ0n) is 24.3. The smallest absolute Gasteiger partial charge is 0.263 e. The maximum atomic E-state index is 11.1. The quantitative estimate of drug-likeness (QED) is 0.398. The SMILES string of the molecule is CC(C)c1cc2c(cn1)OCCO2.CC(C)c1ccc2c(n1)NC(=O)CO2.CC(C)c1ccc2c(n1)NC(=O)CS2. The van der Waals surface area contributed by atoms with Crippen LogP contribution in [-0.4, -0.2) is 52.3 Å². The highest BCUT2D eigenvalue weighted by molar-refractivity contribution is 8.00. The molecule has 0 radical (unpaired) electrons. The van der Waals surface area contributed by atoms with Crippen LogP contribution in [0, 0.1) is 0 Å². The molecule has 2 amide bonds. The second-order valence-electron chi connectivity index (χ2n) is 10.6. The van der Waals surface area contributed by atoms with Gasteiger partial charge in [-0.3, -0.25) is 14.6 Å². The number of hydrogen-bond donors (Lipinski definition) is 2. The van der Waals surface area contributed by atoms with Crippen molar-refractivity contribution in [2.24, 2.45) is 0 Å². The van der Waals surface area contributed by atoms with E-state index in [4.69, 9.17) is 14.2 Å². The van der Waals surface area contributed by atoms with Crippen molar-refractivity contribution in [3.63, 3.8) is 0 Å². The van der Waals surface area contributed by atoms with Gasteiger partial charge in [-0.15, -0.1) is 11.8 Å². The van der Waals surface area contributed by atoms with Gasteiger partial charge in [-0.25, -0.2) is 9.97 Å². The van der Waals surface area contributed by atoms with Gasteiger partial charge in [0.1, 0.15) is 19.0 Å². The van der Waals surface area contributed by atoms with Crippen molar-refractivity contribution in [2.45, 2.75) is 64.2 Å². The van der Waals surface area contributed by atoms with Crippen molar-refractivity contribution in [2.75, 3.05) is 36.2 Å². The van der Waals surface area contributed by atoms with Crippen LogP contribution in [0.4, 0.5) is 11.6 Å². The number of pyridine rings is 3. The van der Waals surface area contributed by atoms with Crippen LogP contribution in [0.15, 0.2) is 41.4 Å². The van der Waals surface area contributed by atoms with Crippen LogP contribution in [-0.2, 0) is 9.59 Å². The molecule has 0 saturated carbocycles. The second kappa shape index (κ2) is 13.7. The Morgan fingerprint density at radius 2 is 1.32 bits per heavy atom. The number of anilines is 2. The van der Waals surface area contributed by atoms with Crippen molar-refractivity contribution in [3.05, 3.63) is 53.6 Å². The number of amides is 2. The molecule has 3 aromatic rings. The van der Waals surface area contributed by atoms with E-state index in [1.165, 1.54) is 0 Å². The summed E-state index contributed by atoms with van der Waals surface area (Å²) < 4.78 is 16.0. The number of rotatable bonds is 3. The average molecular weight is 580 g/mol. The minimum Gasteiger partial charge on any atom is -0.486 e. The van der Waals surface area contributed by atoms with Crippen LogP contribution >= 0.6 is 11.8 Å². The Hall–Kier alpha value is -3.86. The minimum absolute atomic E-state index is 0.0379. The number of thioether (sulfide) groups is 1. The zero-order chi connectivity index (χ0) is 29.5. The highest BCUT2D eigenvalue weighted by atomic mass is 32.2. The maximum absolute atomic E-state index is 11.1. The predicted molar refractivity (Wildman–Crippen MR) is 159 cm³/mol. The Kier molecular flexibility index (Phi) is 10.0. The predicted octanol–water partition coefficient (Wildman–Crippen LogP) is 5.76. The van der Waals surface area contributed by atoms with E-state index in [-0.39, 0.29) is 18.4 Å². The van der Waals surface area contributed by atoms with Gasteiger partial charge in [0, 0.05) is 23.1 Å². The fraction of sp³-hybridized carbons (Fsp3) is 0.433. The molecule has 3 aliphatic rings. The molecule has 6 rings (SSSR count). The van der Waals surface area contributed by atoms with Crippen LogP contribution in [0.25, 0.3) is 0 Å². The first-order chi connectivity index (χ1) is 19.6. The molecule has 0 saturated heterocycles. The van der Waals surface area contributed by atoms with Crippen molar-refractivity contribution in [3.8, 4) is 17.2 Å². The van der Waals surface area contributed by atoms with Crippen molar-refractivity contribution >= 4 is 35.2 Å². The summed E-state index contributed by atoms with van der Waals surface area (Å²) in [5, 5.41) is 5.46. The van der Waals surface area contributed by atoms with Gasteiger partial charge < -0.3 is 24.8 Å². The fourth-order valence-corrected chi connectivity index (χ4v) is 4.64. The molecule has 0 aliphatic carbocycles. The second-order valence-corrected chi connectivity index (χ2v) is 11.6. The number of carbonyl (C=O) groups excluding carboxylic acids is 2. The molecule has 218 valence electrons. The summed E-state index contributed by atoms with van der Waals surface area (Å²) in [6.45, 7) is 13.8. The van der Waals surface area contributed by atoms with E-state index in [9.17, 15) is 9.59 Å². The summed E-state index contributed by atoms with van der Waals surface area (Å²) in [5.41, 5.74) is 3.02. The largest absolute Gasteiger partial charge is 0.486 e. The molecule has 0 fully saturated rings. The van der Waals surface area contributed by atoms with Gasteiger partial charge in [0.15, 0.2) is 29.7 Å². The van der Waals surface area contributed by atoms with Crippen LogP contribution in [0.1, 0.15) is 76.4 Å². The third-order valence-electron chi connectivity index (χ3n) is 6.22. The van der Waals surface area contributed by atoms with Gasteiger partial charge >= 0.3 is 0 Å². The zero-order valence-corrected chi connectivity index (χ0v) is 25.1. The lowest BCUT2D eigenvalue weighted by Gasteiger charge is -2.18. The molecule has 2 N–H and O–H groups in total. The molecule has 3 aliphatic heterocycles. The highest BCUT2D eigenvalue weighted by Crippen LogP contribution is 2.32. The number of nitrogens with one attached hydrogen (secondary N) is 2. The maximum Gasteiger partial charge on any atom is 0.263 e. The molecule has 6 heterocycles. The topological polar surface area (TPSA) is 125 Å². The average Bonchev–Trinajstić information content (AvgIpc) is 2.96. The van der Waals surface area contributed by atoms with Crippen LogP contribution in [0.5, 0.6) is 17.2 Å². The highest BCUT2D eigenvalue weighted by Gasteiger charge is 2.19. The van der Waals surface area contributed by atoms with Gasteiger partial charge in [-0.2, -0.15) is 0 Å². The van der Waals surface area contributed by atoms with E-state index in [2.05, 4.69) is 67.1 Å². The number of hydrogen-bond acceptors (Lipinski definition) is 9. The lowest BCUT2D eigenvalue weighted by Crippen LogP contribution is -2.26. The molecule has 0 atom stereocenters. The third kappa shape index (κ3) is 8.09. The van der Waals surface area contributed by atoms with E-state index >= 15 is 0 Å². The van der Waals surface area contributed by atoms with Gasteiger partial charge in [0.2, 0.25) is 5.91 Å². The number of aromatic nitrogens is 3. The summed E-state index contributed by atoms with van der Waals surface area (Å²) in [7, 11) is 0. The number of carbonyl (C=O) groups is 2. The normalized spacial score (nSPS) is 14.9. The first-order valence-electron chi connectivity index (χ1n) is 13.7. The Morgan fingerprint density at radius 3 is 2.00 bits per heavy atom. The first kappa shape index (κ1) is 30.1. The standard InChI is InChI=1S/C10H12N2O2.C10H12N2OS.C10H13NO2/c2*1-6(2)7-3-4-8-10(11-7)12-9(13)5-14-8;1-7(2)8-5-9-10(6-11-8)13-4-3-12-9/h2*3-4,6H,5H2,1-2H3,(H,11,12,13);5-7H,3-4H2,1-2H3. The van der Waals surface area contributed by atoms with Crippen molar-refractivity contribution in [1.29, 1.82) is 0 Å². The summed E-state index contributed by atoms with van der Waals surface area (Å²) >= 11 is 1.54. The van der Waals surface area contributed by atoms with E-state index in [1.54, 1.807) is 18.0 Å². The van der Waals surface area contributed by atoms with Crippen molar-refractivity contribution in [1.82, 2.24) is 15.0 Å². The summed E-state index contributed by atoms with van der Waals surface area (Å²) in [6.07, 6.45) is 1.74. The Bertz CT molecular complexity index is 1320. The Morgan fingerprint density at radius 1 is 0.707 bits per heavy atom. The minimum atomic E-state index is -0.147. The fourth-order valence-electron chi connectivity index (χ4n) is 3.88. The summed E-state index contributed by atoms with van der Waals surface area (Å²) in [5.74, 6) is 5.04. The molecule has 0 bridgehead atoms. The lowest BCUT2D eigenvalue weighted by atomic mass is 10.1. The van der Waals surface area contributed by atoms with E-state index in [0.29, 0.717) is 48.3 Å². The van der Waals surface area contributed by atoms with E-state index in [1.807, 2.05) is 30.3 Å². The monoisotopic (exact) mass is 579 g/mol. The van der Waals surface area contributed by atoms with Crippen molar-refractivity contribution < 1.29 is 23.8 Å². The van der Waals surface area contributed by atoms with Gasteiger partial charge in [-0.05, 0) is 42.0 Å². The molecule has 11 heteroatoms. The molecular formula is C30H37N5O5S. The third-order valence-corrected chi connectivity index (χ3v) is 7.27. The van der Waals surface area contributed by atoms with E-state index in [0.717, 1.165) is 39.3 Å².